The van der Waals surface area contributed by atoms with Crippen molar-refractivity contribution in [2.45, 2.75) is 52.0 Å². The number of nitrogens with two attached hydrogens (primary N) is 1. The molecule has 1 fully saturated rings. The number of anilines is 1. The lowest BCUT2D eigenvalue weighted by atomic mass is 10.1. The van der Waals surface area contributed by atoms with Crippen molar-refractivity contribution >= 4 is 11.6 Å². The first kappa shape index (κ1) is 12.9. The van der Waals surface area contributed by atoms with Crippen LogP contribution >= 0.6 is 0 Å². The molecule has 0 aliphatic heterocycles. The first-order valence-corrected chi connectivity index (χ1v) is 6.75. The monoisotopic (exact) mass is 250 g/mol. The first-order valence-electron chi connectivity index (χ1n) is 6.75. The average molecular weight is 250 g/mol. The summed E-state index contributed by atoms with van der Waals surface area (Å²) in [5, 5.41) is 9.91. The highest BCUT2D eigenvalue weighted by atomic mass is 16.2. The summed E-state index contributed by atoms with van der Waals surface area (Å²) >= 11 is 0. The Hall–Kier alpha value is -1.52. The topological polar surface area (TPSA) is 83.8 Å². The van der Waals surface area contributed by atoms with Crippen LogP contribution in [0.3, 0.4) is 0 Å². The van der Waals surface area contributed by atoms with Crippen molar-refractivity contribution in [1.82, 2.24) is 15.5 Å². The molecule has 2 atom stereocenters. The number of aromatic nitrogens is 2. The van der Waals surface area contributed by atoms with Crippen molar-refractivity contribution in [3.05, 3.63) is 11.4 Å². The number of hydrogen-bond donors (Lipinski definition) is 3. The Morgan fingerprint density at radius 2 is 2.33 bits per heavy atom. The zero-order chi connectivity index (χ0) is 13.1. The van der Waals surface area contributed by atoms with E-state index in [1.165, 1.54) is 6.42 Å². The third-order valence-electron chi connectivity index (χ3n) is 3.63. The zero-order valence-electron chi connectivity index (χ0n) is 11.1. The van der Waals surface area contributed by atoms with Crippen molar-refractivity contribution in [1.29, 1.82) is 0 Å². The number of aromatic amines is 1. The molecular weight excluding hydrogens is 228 g/mol. The number of carbonyl (C=O) groups excluding carboxylic acids is 1. The molecule has 1 aliphatic rings. The Kier molecular flexibility index (Phi) is 3.89. The second kappa shape index (κ2) is 5.42. The molecule has 0 spiro atoms. The Labute approximate surface area is 108 Å². The van der Waals surface area contributed by atoms with Gasteiger partial charge in [-0.3, -0.25) is 9.89 Å². The van der Waals surface area contributed by atoms with Gasteiger partial charge in [0.1, 0.15) is 0 Å². The van der Waals surface area contributed by atoms with Crippen molar-refractivity contribution < 1.29 is 4.79 Å². The van der Waals surface area contributed by atoms with E-state index in [0.717, 1.165) is 31.4 Å². The van der Waals surface area contributed by atoms with E-state index in [4.69, 9.17) is 5.73 Å². The van der Waals surface area contributed by atoms with Crippen LogP contribution < -0.4 is 11.1 Å². The lowest BCUT2D eigenvalue weighted by Gasteiger charge is -2.11. The summed E-state index contributed by atoms with van der Waals surface area (Å²) < 4.78 is 0. The highest BCUT2D eigenvalue weighted by Crippen LogP contribution is 2.25. The summed E-state index contributed by atoms with van der Waals surface area (Å²) in [6.07, 6.45) is 5.10. The minimum absolute atomic E-state index is 0.148. The van der Waals surface area contributed by atoms with Crippen molar-refractivity contribution in [2.75, 3.05) is 5.73 Å². The molecule has 0 saturated heterocycles. The van der Waals surface area contributed by atoms with E-state index in [1.54, 1.807) is 0 Å². The van der Waals surface area contributed by atoms with E-state index in [1.807, 2.05) is 0 Å². The van der Waals surface area contributed by atoms with E-state index in [2.05, 4.69) is 29.4 Å². The van der Waals surface area contributed by atoms with E-state index in [9.17, 15) is 4.79 Å². The normalized spacial score (nSPS) is 23.2. The van der Waals surface area contributed by atoms with Crippen LogP contribution in [0.1, 0.15) is 55.7 Å². The molecule has 5 heteroatoms. The molecular formula is C13H22N4O. The third kappa shape index (κ3) is 2.66. The predicted octanol–water partition coefficient (Wildman–Crippen LogP) is 1.86. The molecule has 1 saturated carbocycles. The lowest BCUT2D eigenvalue weighted by Crippen LogP contribution is -2.33. The van der Waals surface area contributed by atoms with Crippen LogP contribution in [0.2, 0.25) is 0 Å². The Morgan fingerprint density at radius 3 is 2.94 bits per heavy atom. The summed E-state index contributed by atoms with van der Waals surface area (Å²) in [5.41, 5.74) is 7.65. The highest BCUT2D eigenvalue weighted by molar-refractivity contribution is 5.97. The number of nitrogen functional groups attached to an aromatic ring is 1. The van der Waals surface area contributed by atoms with Gasteiger partial charge in [0.15, 0.2) is 5.69 Å². The van der Waals surface area contributed by atoms with Gasteiger partial charge in [-0.25, -0.2) is 0 Å². The van der Waals surface area contributed by atoms with Gasteiger partial charge in [-0.15, -0.1) is 0 Å². The maximum atomic E-state index is 12.1. The molecule has 0 bridgehead atoms. The van der Waals surface area contributed by atoms with Crippen LogP contribution in [0, 0.1) is 5.92 Å². The van der Waals surface area contributed by atoms with Crippen LogP contribution in [-0.4, -0.2) is 22.1 Å². The number of nitrogens with one attached hydrogen (secondary N) is 2. The summed E-state index contributed by atoms with van der Waals surface area (Å²) in [4.78, 5) is 12.1. The summed E-state index contributed by atoms with van der Waals surface area (Å²) in [7, 11) is 0. The van der Waals surface area contributed by atoms with Crippen LogP contribution in [0.5, 0.6) is 0 Å². The maximum absolute atomic E-state index is 12.1. The Balaban J connectivity index is 2.00. The molecule has 1 heterocycles. The fraction of sp³-hybridized carbons (Fsp3) is 0.692. The van der Waals surface area contributed by atoms with Gasteiger partial charge in [-0.2, -0.15) is 5.10 Å². The van der Waals surface area contributed by atoms with Crippen LogP contribution in [0.15, 0.2) is 0 Å². The van der Waals surface area contributed by atoms with Gasteiger partial charge >= 0.3 is 0 Å². The molecule has 0 radical (unpaired) electrons. The second-order valence-electron chi connectivity index (χ2n) is 5.30. The SMILES string of the molecule is CCCc1[nH]nc(C(=O)NC2CCC(C)C2)c1N. The fourth-order valence-electron chi connectivity index (χ4n) is 2.59. The van der Waals surface area contributed by atoms with E-state index >= 15 is 0 Å². The number of rotatable bonds is 4. The highest BCUT2D eigenvalue weighted by Gasteiger charge is 2.25. The Morgan fingerprint density at radius 1 is 1.56 bits per heavy atom. The number of hydrogen-bond acceptors (Lipinski definition) is 3. The molecule has 1 amide bonds. The number of nitrogens with zero attached hydrogens (tertiary/aromatic N) is 1. The summed E-state index contributed by atoms with van der Waals surface area (Å²) in [5.74, 6) is 0.549. The molecule has 4 N–H and O–H groups in total. The minimum Gasteiger partial charge on any atom is -0.395 e. The molecule has 2 unspecified atom stereocenters. The Bertz CT molecular complexity index is 427. The van der Waals surface area contributed by atoms with Gasteiger partial charge in [0.05, 0.1) is 11.4 Å². The van der Waals surface area contributed by atoms with Gasteiger partial charge in [0.25, 0.3) is 5.91 Å². The second-order valence-corrected chi connectivity index (χ2v) is 5.30. The molecule has 100 valence electrons. The minimum atomic E-state index is -0.148. The standard InChI is InChI=1S/C13H22N4O/c1-3-4-10-11(14)12(17-16-10)13(18)15-9-6-5-8(2)7-9/h8-9H,3-7,14H2,1-2H3,(H,15,18)(H,16,17). The van der Waals surface area contributed by atoms with E-state index < -0.39 is 0 Å². The molecule has 0 aromatic carbocycles. The van der Waals surface area contributed by atoms with Gasteiger partial charge in [-0.1, -0.05) is 20.3 Å². The number of H-pyrrole nitrogens is 1. The van der Waals surface area contributed by atoms with E-state index in [-0.39, 0.29) is 11.9 Å². The third-order valence-corrected chi connectivity index (χ3v) is 3.63. The van der Waals surface area contributed by atoms with E-state index in [0.29, 0.717) is 17.3 Å². The smallest absolute Gasteiger partial charge is 0.274 e. The largest absolute Gasteiger partial charge is 0.395 e. The number of aryl methyl sites for hydroxylation is 1. The summed E-state index contributed by atoms with van der Waals surface area (Å²) in [6, 6.07) is 0.276. The van der Waals surface area contributed by atoms with Crippen LogP contribution in [0.4, 0.5) is 5.69 Å². The van der Waals surface area contributed by atoms with Crippen LogP contribution in [-0.2, 0) is 6.42 Å². The average Bonchev–Trinajstić information content (AvgIpc) is 2.87. The molecule has 1 aliphatic carbocycles. The maximum Gasteiger partial charge on any atom is 0.274 e. The predicted molar refractivity (Wildman–Crippen MR) is 71.3 cm³/mol. The van der Waals surface area contributed by atoms with Crippen molar-refractivity contribution in [2.24, 2.45) is 5.92 Å². The molecule has 18 heavy (non-hydrogen) atoms. The summed E-state index contributed by atoms with van der Waals surface area (Å²) in [6.45, 7) is 4.29. The fourth-order valence-corrected chi connectivity index (χ4v) is 2.59. The van der Waals surface area contributed by atoms with Crippen molar-refractivity contribution in [3.63, 3.8) is 0 Å². The lowest BCUT2D eigenvalue weighted by molar-refractivity contribution is 0.0933. The number of carbonyl (C=O) groups is 1. The molecule has 2 rings (SSSR count). The van der Waals surface area contributed by atoms with Crippen molar-refractivity contribution in [3.8, 4) is 0 Å². The molecule has 5 nitrogen and oxygen atoms in total. The molecule has 1 aromatic heterocycles. The first-order chi connectivity index (χ1) is 8.61. The number of amides is 1. The van der Waals surface area contributed by atoms with Gasteiger partial charge < -0.3 is 11.1 Å². The zero-order valence-corrected chi connectivity index (χ0v) is 11.1. The van der Waals surface area contributed by atoms with Gasteiger partial charge in [0.2, 0.25) is 0 Å². The van der Waals surface area contributed by atoms with Crippen LogP contribution in [0.25, 0.3) is 0 Å². The van der Waals surface area contributed by atoms with Gasteiger partial charge in [-0.05, 0) is 31.6 Å². The van der Waals surface area contributed by atoms with Gasteiger partial charge in [0, 0.05) is 6.04 Å². The molecule has 1 aromatic rings. The quantitative estimate of drug-likeness (QED) is 0.762.